The van der Waals surface area contributed by atoms with Crippen molar-refractivity contribution in [2.75, 3.05) is 6.54 Å². The van der Waals surface area contributed by atoms with E-state index in [1.807, 2.05) is 57.1 Å². The van der Waals surface area contributed by atoms with E-state index >= 15 is 0 Å². The van der Waals surface area contributed by atoms with Crippen LogP contribution in [0.5, 0.6) is 0 Å². The summed E-state index contributed by atoms with van der Waals surface area (Å²) in [6, 6.07) is 16.7. The van der Waals surface area contributed by atoms with Gasteiger partial charge < -0.3 is 0 Å². The molecular formula is C22H21N5S2. The fourth-order valence-electron chi connectivity index (χ4n) is 3.92. The molecule has 1 aromatic carbocycles. The van der Waals surface area contributed by atoms with Crippen LogP contribution in [0.2, 0.25) is 0 Å². The molecule has 7 heteroatoms. The number of benzene rings is 1. The second kappa shape index (κ2) is 7.67. The van der Waals surface area contributed by atoms with Crippen LogP contribution in [0.4, 0.5) is 0 Å². The maximum absolute atomic E-state index is 5.88. The summed E-state index contributed by atoms with van der Waals surface area (Å²) in [7, 11) is 0. The molecule has 1 atom stereocenters. The summed E-state index contributed by atoms with van der Waals surface area (Å²) in [5, 5.41) is 7.12. The number of thiophene rings is 1. The number of nitrogens with zero attached hydrogens (tertiary/aromatic N) is 5. The van der Waals surface area contributed by atoms with Gasteiger partial charge in [0.05, 0.1) is 6.67 Å². The maximum Gasteiger partial charge on any atom is 0.204 e. The van der Waals surface area contributed by atoms with Gasteiger partial charge in [-0.1, -0.05) is 18.2 Å². The van der Waals surface area contributed by atoms with Gasteiger partial charge in [0.2, 0.25) is 4.77 Å². The van der Waals surface area contributed by atoms with Crippen LogP contribution in [0.3, 0.4) is 0 Å². The molecule has 29 heavy (non-hydrogen) atoms. The number of hydrogen-bond donors (Lipinski definition) is 0. The number of para-hydroxylation sites is 1. The Hall–Kier alpha value is -2.61. The average Bonchev–Trinajstić information content (AvgIpc) is 3.37. The fraction of sp³-hybridized carbons (Fsp3) is 0.227. The Balaban J connectivity index is 1.56. The van der Waals surface area contributed by atoms with Crippen LogP contribution in [-0.2, 0) is 13.1 Å². The van der Waals surface area contributed by atoms with Crippen LogP contribution in [0, 0.1) is 4.77 Å². The second-order valence-corrected chi connectivity index (χ2v) is 8.56. The van der Waals surface area contributed by atoms with Crippen molar-refractivity contribution in [1.82, 2.24) is 24.2 Å². The first-order chi connectivity index (χ1) is 14.2. The third-order valence-corrected chi connectivity index (χ3v) is 6.88. The third kappa shape index (κ3) is 3.35. The van der Waals surface area contributed by atoms with E-state index in [1.165, 1.54) is 10.4 Å². The molecule has 0 spiro atoms. The van der Waals surface area contributed by atoms with Crippen LogP contribution in [-0.4, -0.2) is 30.8 Å². The molecule has 0 saturated heterocycles. The quantitative estimate of drug-likeness (QED) is 0.431. The second-order valence-electron chi connectivity index (χ2n) is 7.20. The minimum Gasteiger partial charge on any atom is -0.277 e. The maximum atomic E-state index is 5.88. The molecule has 5 rings (SSSR count). The standard InChI is InChI=1S/C22H21N5S2/c1-16-19-10-13-29-20(19)9-12-25(16)15-26-22(28)27(18-7-3-2-4-8-18)21(24-26)17-6-5-11-23-14-17/h2-8,10-11,13-14,16H,9,12,15H2,1H3/t16-/m0/s1. The van der Waals surface area contributed by atoms with Crippen LogP contribution in [0.1, 0.15) is 23.4 Å². The third-order valence-electron chi connectivity index (χ3n) is 5.49. The predicted octanol–water partition coefficient (Wildman–Crippen LogP) is 5.10. The van der Waals surface area contributed by atoms with Crippen molar-refractivity contribution >= 4 is 23.6 Å². The summed E-state index contributed by atoms with van der Waals surface area (Å²) in [5.41, 5.74) is 3.39. The molecule has 0 bridgehead atoms. The molecule has 0 fully saturated rings. The SMILES string of the molecule is C[C@H]1c2ccsc2CCN1Cn1nc(-c2cccnc2)n(-c2ccccc2)c1=S. The first kappa shape index (κ1) is 18.4. The van der Waals surface area contributed by atoms with E-state index in [9.17, 15) is 0 Å². The summed E-state index contributed by atoms with van der Waals surface area (Å²) in [4.78, 5) is 8.22. The van der Waals surface area contributed by atoms with Crippen molar-refractivity contribution in [1.29, 1.82) is 0 Å². The molecule has 4 aromatic rings. The first-order valence-electron chi connectivity index (χ1n) is 9.68. The largest absolute Gasteiger partial charge is 0.277 e. The van der Waals surface area contributed by atoms with Gasteiger partial charge in [-0.05, 0) is 66.8 Å². The number of fused-ring (bicyclic) bond motifs is 1. The van der Waals surface area contributed by atoms with E-state index < -0.39 is 0 Å². The van der Waals surface area contributed by atoms with Crippen LogP contribution in [0.25, 0.3) is 17.1 Å². The predicted molar refractivity (Wildman–Crippen MR) is 119 cm³/mol. The topological polar surface area (TPSA) is 38.9 Å². The van der Waals surface area contributed by atoms with E-state index in [0.29, 0.717) is 17.5 Å². The van der Waals surface area contributed by atoms with E-state index in [1.54, 1.807) is 6.20 Å². The highest BCUT2D eigenvalue weighted by molar-refractivity contribution is 7.71. The van der Waals surface area contributed by atoms with E-state index in [0.717, 1.165) is 30.0 Å². The average molecular weight is 420 g/mol. The number of hydrogen-bond acceptors (Lipinski definition) is 5. The summed E-state index contributed by atoms with van der Waals surface area (Å²) in [6.45, 7) is 3.95. The molecule has 3 aromatic heterocycles. The van der Waals surface area contributed by atoms with Crippen LogP contribution < -0.4 is 0 Å². The number of pyridine rings is 1. The lowest BCUT2D eigenvalue weighted by molar-refractivity contribution is 0.144. The normalized spacial score (nSPS) is 16.7. The lowest BCUT2D eigenvalue weighted by Crippen LogP contribution is -2.35. The Morgan fingerprint density at radius 2 is 2.00 bits per heavy atom. The lowest BCUT2D eigenvalue weighted by atomic mass is 10.0. The Morgan fingerprint density at radius 1 is 1.14 bits per heavy atom. The molecule has 0 amide bonds. The van der Waals surface area contributed by atoms with Crippen molar-refractivity contribution in [2.24, 2.45) is 0 Å². The van der Waals surface area contributed by atoms with Crippen molar-refractivity contribution in [2.45, 2.75) is 26.1 Å². The summed E-state index contributed by atoms with van der Waals surface area (Å²) in [5.74, 6) is 0.815. The molecule has 0 radical (unpaired) electrons. The molecule has 4 heterocycles. The van der Waals surface area contributed by atoms with Crippen molar-refractivity contribution in [3.63, 3.8) is 0 Å². The molecule has 146 valence electrons. The smallest absolute Gasteiger partial charge is 0.204 e. The zero-order chi connectivity index (χ0) is 19.8. The summed E-state index contributed by atoms with van der Waals surface area (Å²) >= 11 is 7.74. The van der Waals surface area contributed by atoms with Gasteiger partial charge in [-0.15, -0.1) is 16.4 Å². The van der Waals surface area contributed by atoms with Gasteiger partial charge in [-0.2, -0.15) is 0 Å². The minimum absolute atomic E-state index is 0.357. The molecule has 5 nitrogen and oxygen atoms in total. The van der Waals surface area contributed by atoms with Crippen molar-refractivity contribution in [3.8, 4) is 17.1 Å². The fourth-order valence-corrected chi connectivity index (χ4v) is 5.17. The van der Waals surface area contributed by atoms with Gasteiger partial charge in [0.15, 0.2) is 5.82 Å². The zero-order valence-corrected chi connectivity index (χ0v) is 17.7. The molecule has 0 N–H and O–H groups in total. The van der Waals surface area contributed by atoms with Gasteiger partial charge in [0, 0.05) is 41.1 Å². The van der Waals surface area contributed by atoms with E-state index in [4.69, 9.17) is 17.3 Å². The van der Waals surface area contributed by atoms with Gasteiger partial charge in [0.1, 0.15) is 0 Å². The molecular weight excluding hydrogens is 398 g/mol. The summed E-state index contributed by atoms with van der Waals surface area (Å²) in [6.07, 6.45) is 4.69. The molecule has 0 saturated carbocycles. The summed E-state index contributed by atoms with van der Waals surface area (Å²) < 4.78 is 4.67. The lowest BCUT2D eigenvalue weighted by Gasteiger charge is -2.33. The number of aromatic nitrogens is 4. The van der Waals surface area contributed by atoms with Crippen molar-refractivity contribution < 1.29 is 0 Å². The molecule has 1 aliphatic heterocycles. The molecule has 0 aliphatic carbocycles. The highest BCUT2D eigenvalue weighted by Crippen LogP contribution is 2.33. The monoisotopic (exact) mass is 419 g/mol. The highest BCUT2D eigenvalue weighted by Gasteiger charge is 2.26. The van der Waals surface area contributed by atoms with Gasteiger partial charge in [-0.3, -0.25) is 14.5 Å². The Morgan fingerprint density at radius 3 is 2.79 bits per heavy atom. The van der Waals surface area contributed by atoms with E-state index in [-0.39, 0.29) is 0 Å². The molecule has 1 aliphatic rings. The van der Waals surface area contributed by atoms with Crippen LogP contribution in [0.15, 0.2) is 66.3 Å². The Kier molecular flexibility index (Phi) is 4.87. The Bertz CT molecular complexity index is 1180. The highest BCUT2D eigenvalue weighted by atomic mass is 32.1. The van der Waals surface area contributed by atoms with Gasteiger partial charge in [0.25, 0.3) is 0 Å². The first-order valence-corrected chi connectivity index (χ1v) is 11.0. The van der Waals surface area contributed by atoms with E-state index in [2.05, 4.69) is 40.4 Å². The zero-order valence-electron chi connectivity index (χ0n) is 16.1. The molecule has 0 unspecified atom stereocenters. The van der Waals surface area contributed by atoms with Crippen LogP contribution >= 0.6 is 23.6 Å². The van der Waals surface area contributed by atoms with Gasteiger partial charge in [-0.25, -0.2) is 4.68 Å². The number of rotatable bonds is 4. The minimum atomic E-state index is 0.357. The van der Waals surface area contributed by atoms with Crippen molar-refractivity contribution in [3.05, 3.63) is 81.5 Å². The van der Waals surface area contributed by atoms with Gasteiger partial charge >= 0.3 is 0 Å². The Labute approximate surface area is 178 Å².